The van der Waals surface area contributed by atoms with Gasteiger partial charge in [0.25, 0.3) is 0 Å². The number of benzene rings is 5. The van der Waals surface area contributed by atoms with Crippen LogP contribution >= 0.6 is 0 Å². The third-order valence-electron chi connectivity index (χ3n) is 5.83. The van der Waals surface area contributed by atoms with Crippen LogP contribution in [-0.4, -0.2) is 11.6 Å². The quantitative estimate of drug-likeness (QED) is 0.200. The number of hydrogen-bond acceptors (Lipinski definition) is 2. The van der Waals surface area contributed by atoms with Gasteiger partial charge >= 0.3 is 0 Å². The molecule has 34 heavy (non-hydrogen) atoms. The van der Waals surface area contributed by atoms with Crippen molar-refractivity contribution in [1.29, 1.82) is 0 Å². The van der Waals surface area contributed by atoms with Crippen LogP contribution in [0.15, 0.2) is 121 Å². The van der Waals surface area contributed by atoms with Gasteiger partial charge in [0.05, 0.1) is 0 Å². The van der Waals surface area contributed by atoms with E-state index < -0.39 is 0 Å². The molecule has 0 atom stereocenters. The summed E-state index contributed by atoms with van der Waals surface area (Å²) in [5.41, 5.74) is 3.11. The molecule has 0 saturated heterocycles. The maximum Gasteiger partial charge on any atom is 0.185 e. The lowest BCUT2D eigenvalue weighted by atomic mass is 10.0. The highest BCUT2D eigenvalue weighted by molar-refractivity contribution is 6.09. The summed E-state index contributed by atoms with van der Waals surface area (Å²) in [6.45, 7) is 0. The van der Waals surface area contributed by atoms with Gasteiger partial charge in [-0.1, -0.05) is 103 Å². The van der Waals surface area contributed by atoms with Gasteiger partial charge in [0.2, 0.25) is 0 Å². The number of hydrogen-bond donors (Lipinski definition) is 0. The van der Waals surface area contributed by atoms with E-state index in [2.05, 4.69) is 0 Å². The second-order valence-electron chi connectivity index (χ2n) is 8.19. The Balaban J connectivity index is 1.30. The van der Waals surface area contributed by atoms with Crippen LogP contribution in [0, 0.1) is 0 Å². The first-order chi connectivity index (χ1) is 16.7. The van der Waals surface area contributed by atoms with Gasteiger partial charge < -0.3 is 0 Å². The largest absolute Gasteiger partial charge is 0.289 e. The van der Waals surface area contributed by atoms with E-state index in [1.54, 1.807) is 24.3 Å². The summed E-state index contributed by atoms with van der Waals surface area (Å²) < 4.78 is 0. The predicted octanol–water partition coefficient (Wildman–Crippen LogP) is 7.79. The standard InChI is InChI=1S/C32H22O2/c33-31(29-16-14-25-8-1-3-10-27(25)21-29)18-12-23-6-5-7-24(20-23)13-19-32(34)30-17-15-26-9-2-4-11-28(26)22-30/h1-22H. The zero-order chi connectivity index (χ0) is 23.3. The predicted molar refractivity (Wildman–Crippen MR) is 141 cm³/mol. The summed E-state index contributed by atoms with van der Waals surface area (Å²) in [6.07, 6.45) is 6.79. The molecule has 0 spiro atoms. The fraction of sp³-hybridized carbons (Fsp3) is 0. The van der Waals surface area contributed by atoms with E-state index in [0.717, 1.165) is 32.7 Å². The topological polar surface area (TPSA) is 34.1 Å². The first kappa shape index (κ1) is 21.3. The van der Waals surface area contributed by atoms with Crippen molar-refractivity contribution in [2.24, 2.45) is 0 Å². The highest BCUT2D eigenvalue weighted by atomic mass is 16.1. The van der Waals surface area contributed by atoms with Crippen LogP contribution < -0.4 is 0 Å². The molecule has 0 aliphatic carbocycles. The van der Waals surface area contributed by atoms with E-state index >= 15 is 0 Å². The number of ketones is 2. The van der Waals surface area contributed by atoms with Crippen LogP contribution in [0.25, 0.3) is 33.7 Å². The third kappa shape index (κ3) is 4.77. The molecular weight excluding hydrogens is 416 g/mol. The van der Waals surface area contributed by atoms with Crippen LogP contribution in [0.1, 0.15) is 31.8 Å². The Morgan fingerprint density at radius 1 is 0.441 bits per heavy atom. The average Bonchev–Trinajstić information content (AvgIpc) is 2.90. The van der Waals surface area contributed by atoms with Gasteiger partial charge in [-0.3, -0.25) is 9.59 Å². The molecular formula is C32H22O2. The number of carbonyl (C=O) groups excluding carboxylic acids is 2. The van der Waals surface area contributed by atoms with Crippen molar-refractivity contribution in [3.05, 3.63) is 144 Å². The van der Waals surface area contributed by atoms with E-state index in [1.807, 2.05) is 109 Å². The average molecular weight is 439 g/mol. The molecule has 0 fully saturated rings. The molecule has 0 saturated carbocycles. The fourth-order valence-electron chi connectivity index (χ4n) is 3.99. The minimum absolute atomic E-state index is 0.0434. The molecule has 2 nitrogen and oxygen atoms in total. The number of rotatable bonds is 6. The molecule has 5 aromatic carbocycles. The summed E-state index contributed by atoms with van der Waals surface area (Å²) in [4.78, 5) is 25.3. The van der Waals surface area contributed by atoms with Crippen LogP contribution in [0.3, 0.4) is 0 Å². The summed E-state index contributed by atoms with van der Waals surface area (Å²) in [7, 11) is 0. The zero-order valence-corrected chi connectivity index (χ0v) is 18.5. The lowest BCUT2D eigenvalue weighted by Gasteiger charge is -2.01. The van der Waals surface area contributed by atoms with Gasteiger partial charge in [0.15, 0.2) is 11.6 Å². The molecule has 0 unspecified atom stereocenters. The van der Waals surface area contributed by atoms with Gasteiger partial charge in [-0.25, -0.2) is 0 Å². The number of fused-ring (bicyclic) bond motifs is 2. The Bertz CT molecular complexity index is 1470. The van der Waals surface area contributed by atoms with E-state index in [4.69, 9.17) is 0 Å². The van der Waals surface area contributed by atoms with Crippen LogP contribution in [0.4, 0.5) is 0 Å². The Labute approximate surface area is 198 Å². The van der Waals surface area contributed by atoms with Crippen molar-refractivity contribution < 1.29 is 9.59 Å². The number of carbonyl (C=O) groups is 2. The molecule has 5 aromatic rings. The SMILES string of the molecule is O=C(C=Cc1cccc(C=CC(=O)c2ccc3ccccc3c2)c1)c1ccc2ccccc2c1. The van der Waals surface area contributed by atoms with Crippen molar-refractivity contribution in [1.82, 2.24) is 0 Å². The summed E-state index contributed by atoms with van der Waals surface area (Å²) >= 11 is 0. The Morgan fingerprint density at radius 3 is 1.35 bits per heavy atom. The van der Waals surface area contributed by atoms with Gasteiger partial charge in [0, 0.05) is 11.1 Å². The van der Waals surface area contributed by atoms with Gasteiger partial charge in [-0.05, 0) is 63.0 Å². The second kappa shape index (κ2) is 9.51. The van der Waals surface area contributed by atoms with E-state index in [0.29, 0.717) is 11.1 Å². The second-order valence-corrected chi connectivity index (χ2v) is 8.19. The van der Waals surface area contributed by atoms with Crippen molar-refractivity contribution in [2.45, 2.75) is 0 Å². The molecule has 0 N–H and O–H groups in total. The fourth-order valence-corrected chi connectivity index (χ4v) is 3.99. The van der Waals surface area contributed by atoms with E-state index in [1.165, 1.54) is 0 Å². The summed E-state index contributed by atoms with van der Waals surface area (Å²) in [6, 6.07) is 35.2. The smallest absolute Gasteiger partial charge is 0.185 e. The maximum absolute atomic E-state index is 12.7. The van der Waals surface area contributed by atoms with Crippen molar-refractivity contribution in [2.75, 3.05) is 0 Å². The molecule has 0 aromatic heterocycles. The van der Waals surface area contributed by atoms with E-state index in [9.17, 15) is 9.59 Å². The minimum Gasteiger partial charge on any atom is -0.289 e. The highest BCUT2D eigenvalue weighted by Crippen LogP contribution is 2.18. The first-order valence-electron chi connectivity index (χ1n) is 11.2. The normalized spacial score (nSPS) is 11.5. The highest BCUT2D eigenvalue weighted by Gasteiger charge is 2.04. The van der Waals surface area contributed by atoms with E-state index in [-0.39, 0.29) is 11.6 Å². The molecule has 0 aliphatic rings. The summed E-state index contributed by atoms with van der Waals surface area (Å²) in [5, 5.41) is 4.32. The maximum atomic E-state index is 12.7. The molecule has 162 valence electrons. The van der Waals surface area contributed by atoms with Gasteiger partial charge in [0.1, 0.15) is 0 Å². The van der Waals surface area contributed by atoms with Crippen molar-refractivity contribution in [3.63, 3.8) is 0 Å². The van der Waals surface area contributed by atoms with Crippen LogP contribution in [0.5, 0.6) is 0 Å². The van der Waals surface area contributed by atoms with Crippen molar-refractivity contribution >= 4 is 45.3 Å². The Hall–Kier alpha value is -4.56. The minimum atomic E-state index is -0.0434. The third-order valence-corrected chi connectivity index (χ3v) is 5.83. The lowest BCUT2D eigenvalue weighted by Crippen LogP contribution is -1.94. The van der Waals surface area contributed by atoms with Crippen LogP contribution in [-0.2, 0) is 0 Å². The molecule has 0 bridgehead atoms. The van der Waals surface area contributed by atoms with Crippen LogP contribution in [0.2, 0.25) is 0 Å². The molecule has 0 radical (unpaired) electrons. The molecule has 0 aliphatic heterocycles. The zero-order valence-electron chi connectivity index (χ0n) is 18.5. The number of allylic oxidation sites excluding steroid dienone is 2. The Kier molecular flexibility index (Phi) is 5.96. The summed E-state index contributed by atoms with van der Waals surface area (Å²) in [5.74, 6) is -0.0867. The lowest BCUT2D eigenvalue weighted by molar-refractivity contribution is 0.104. The Morgan fingerprint density at radius 2 is 0.882 bits per heavy atom. The molecule has 0 amide bonds. The first-order valence-corrected chi connectivity index (χ1v) is 11.2. The monoisotopic (exact) mass is 438 g/mol. The molecule has 2 heteroatoms. The van der Waals surface area contributed by atoms with Gasteiger partial charge in [-0.2, -0.15) is 0 Å². The van der Waals surface area contributed by atoms with Gasteiger partial charge in [-0.15, -0.1) is 0 Å². The molecule has 5 rings (SSSR count). The van der Waals surface area contributed by atoms with Crippen molar-refractivity contribution in [3.8, 4) is 0 Å². The molecule has 0 heterocycles.